The molecule has 5 rings (SSSR count). The van der Waals surface area contributed by atoms with Crippen molar-refractivity contribution in [3.05, 3.63) is 69.5 Å². The number of ether oxygens (including phenoxy) is 1. The number of carbonyl (C=O) groups is 2. The van der Waals surface area contributed by atoms with Crippen molar-refractivity contribution in [1.29, 1.82) is 0 Å². The number of anilines is 1. The van der Waals surface area contributed by atoms with Crippen LogP contribution in [0.4, 0.5) is 10.6 Å². The summed E-state index contributed by atoms with van der Waals surface area (Å²) in [6.45, 7) is 1.81. The summed E-state index contributed by atoms with van der Waals surface area (Å²) >= 11 is 3.06. The molecule has 7 nitrogen and oxygen atoms in total. The van der Waals surface area contributed by atoms with E-state index in [2.05, 4.69) is 22.3 Å². The number of hydrogen-bond acceptors (Lipinski definition) is 6. The quantitative estimate of drug-likeness (QED) is 0.359. The van der Waals surface area contributed by atoms with Crippen molar-refractivity contribution in [1.82, 2.24) is 9.78 Å². The smallest absolute Gasteiger partial charge is 0.413 e. The van der Waals surface area contributed by atoms with E-state index in [0.717, 1.165) is 24.7 Å². The lowest BCUT2D eigenvalue weighted by atomic mass is 10.1. The Bertz CT molecular complexity index is 1420. The lowest BCUT2D eigenvalue weighted by molar-refractivity contribution is -0.139. The minimum atomic E-state index is -0.741. The Morgan fingerprint density at radius 2 is 1.91 bits per heavy atom. The molecule has 0 unspecified atom stereocenters. The van der Waals surface area contributed by atoms with Gasteiger partial charge in [-0.15, -0.1) is 22.7 Å². The SMILES string of the molecule is C[C@@H](OC(=O)Nc1c(C#Cc2cc3sc(C4(C(=O)O)CC4)cc3s2)cnn1C)c1ccccc1. The van der Waals surface area contributed by atoms with Gasteiger partial charge in [-0.05, 0) is 37.5 Å². The molecule has 1 amide bonds. The first-order valence-corrected chi connectivity index (χ1v) is 12.3. The van der Waals surface area contributed by atoms with Crippen molar-refractivity contribution < 1.29 is 19.4 Å². The number of amides is 1. The van der Waals surface area contributed by atoms with Crippen molar-refractivity contribution in [3.8, 4) is 11.8 Å². The molecule has 1 atom stereocenters. The van der Waals surface area contributed by atoms with E-state index in [1.165, 1.54) is 22.7 Å². The van der Waals surface area contributed by atoms with Crippen LogP contribution in [0.5, 0.6) is 0 Å². The van der Waals surface area contributed by atoms with Crippen LogP contribution in [-0.2, 0) is 22.0 Å². The highest BCUT2D eigenvalue weighted by Gasteiger charge is 2.53. The molecule has 1 aliphatic rings. The van der Waals surface area contributed by atoms with E-state index in [4.69, 9.17) is 4.74 Å². The highest BCUT2D eigenvalue weighted by molar-refractivity contribution is 7.28. The van der Waals surface area contributed by atoms with Gasteiger partial charge in [0.15, 0.2) is 0 Å². The van der Waals surface area contributed by atoms with Crippen LogP contribution in [0.15, 0.2) is 48.7 Å². The lowest BCUT2D eigenvalue weighted by Gasteiger charge is -2.14. The van der Waals surface area contributed by atoms with Gasteiger partial charge in [-0.25, -0.2) is 4.79 Å². The first kappa shape index (κ1) is 22.2. The topological polar surface area (TPSA) is 93.4 Å². The number of aryl methyl sites for hydroxylation is 1. The van der Waals surface area contributed by atoms with Crippen LogP contribution in [-0.4, -0.2) is 26.9 Å². The number of thiophene rings is 2. The number of nitrogens with one attached hydrogen (secondary N) is 1. The Labute approximate surface area is 204 Å². The standard InChI is InChI=1S/C25H21N3O4S2/c1-15(16-6-4-3-5-7-16)32-24(31)27-22-17(14-26-28(22)2)8-9-18-12-19-20(33-18)13-21(34-19)25(10-11-25)23(29)30/h3-7,12-15H,10-11H2,1-2H3,(H,27,31)(H,29,30)/t15-/m1/s1. The Morgan fingerprint density at radius 1 is 1.18 bits per heavy atom. The van der Waals surface area contributed by atoms with Crippen molar-refractivity contribution in [2.75, 3.05) is 5.32 Å². The van der Waals surface area contributed by atoms with Crippen LogP contribution < -0.4 is 5.32 Å². The van der Waals surface area contributed by atoms with Crippen molar-refractivity contribution >= 4 is 50.0 Å². The predicted molar refractivity (Wildman–Crippen MR) is 132 cm³/mol. The summed E-state index contributed by atoms with van der Waals surface area (Å²) in [5.41, 5.74) is 0.796. The lowest BCUT2D eigenvalue weighted by Crippen LogP contribution is -2.18. The predicted octanol–water partition coefficient (Wildman–Crippen LogP) is 5.52. The van der Waals surface area contributed by atoms with Gasteiger partial charge < -0.3 is 9.84 Å². The van der Waals surface area contributed by atoms with Gasteiger partial charge in [0.1, 0.15) is 17.3 Å². The van der Waals surface area contributed by atoms with Gasteiger partial charge in [-0.2, -0.15) is 5.10 Å². The van der Waals surface area contributed by atoms with Gasteiger partial charge in [0.25, 0.3) is 0 Å². The molecule has 0 aliphatic heterocycles. The second-order valence-electron chi connectivity index (χ2n) is 8.20. The molecule has 3 aromatic heterocycles. The van der Waals surface area contributed by atoms with Gasteiger partial charge >= 0.3 is 12.1 Å². The summed E-state index contributed by atoms with van der Waals surface area (Å²) in [7, 11) is 1.72. The average molecular weight is 492 g/mol. The zero-order chi connectivity index (χ0) is 23.9. The summed E-state index contributed by atoms with van der Waals surface area (Å²) in [5, 5.41) is 16.5. The fraction of sp³-hybridized carbons (Fsp3) is 0.240. The third-order valence-corrected chi connectivity index (χ3v) is 8.28. The van der Waals surface area contributed by atoms with Crippen LogP contribution in [0.25, 0.3) is 9.40 Å². The van der Waals surface area contributed by atoms with Crippen LogP contribution in [0.1, 0.15) is 46.8 Å². The zero-order valence-corrected chi connectivity index (χ0v) is 20.1. The van der Waals surface area contributed by atoms with Crippen molar-refractivity contribution in [2.45, 2.75) is 31.3 Å². The molecule has 0 bridgehead atoms. The van der Waals surface area contributed by atoms with E-state index in [1.54, 1.807) is 17.9 Å². The number of carbonyl (C=O) groups excluding carboxylic acids is 1. The molecule has 1 aromatic carbocycles. The molecule has 3 heterocycles. The fourth-order valence-corrected chi connectivity index (χ4v) is 6.20. The third kappa shape index (κ3) is 4.18. The number of nitrogens with zero attached hydrogens (tertiary/aromatic N) is 2. The van der Waals surface area contributed by atoms with E-state index < -0.39 is 23.6 Å². The molecule has 0 saturated heterocycles. The number of hydrogen-bond donors (Lipinski definition) is 2. The summed E-state index contributed by atoms with van der Waals surface area (Å²) < 4.78 is 9.12. The number of rotatable bonds is 5. The van der Waals surface area contributed by atoms with E-state index in [9.17, 15) is 14.7 Å². The number of aromatic nitrogens is 2. The Hall–Kier alpha value is -3.61. The average Bonchev–Trinajstić information content (AvgIpc) is 3.26. The maximum atomic E-state index is 12.5. The summed E-state index contributed by atoms with van der Waals surface area (Å²) in [4.78, 5) is 25.8. The molecule has 9 heteroatoms. The van der Waals surface area contributed by atoms with E-state index in [1.807, 2.05) is 49.4 Å². The summed E-state index contributed by atoms with van der Waals surface area (Å²) in [5.74, 6) is 5.94. The Balaban J connectivity index is 1.30. The first-order chi connectivity index (χ1) is 16.4. The number of carboxylic acids is 1. The third-order valence-electron chi connectivity index (χ3n) is 5.87. The molecule has 0 spiro atoms. The van der Waals surface area contributed by atoms with E-state index in [-0.39, 0.29) is 0 Å². The number of fused-ring (bicyclic) bond motifs is 1. The minimum absolute atomic E-state index is 0.399. The van der Waals surface area contributed by atoms with Gasteiger partial charge in [-0.1, -0.05) is 42.2 Å². The highest BCUT2D eigenvalue weighted by atomic mass is 32.1. The molecular weight excluding hydrogens is 470 g/mol. The van der Waals surface area contributed by atoms with Crippen LogP contribution in [0.2, 0.25) is 0 Å². The fourth-order valence-electron chi connectivity index (χ4n) is 3.71. The molecule has 172 valence electrons. The van der Waals surface area contributed by atoms with Gasteiger partial charge in [0.05, 0.1) is 16.6 Å². The second kappa shape index (κ2) is 8.63. The zero-order valence-electron chi connectivity index (χ0n) is 18.5. The number of benzene rings is 1. The molecule has 1 saturated carbocycles. The van der Waals surface area contributed by atoms with Crippen LogP contribution in [0, 0.1) is 11.8 Å². The summed E-state index contributed by atoms with van der Waals surface area (Å²) in [6, 6.07) is 13.5. The van der Waals surface area contributed by atoms with Crippen molar-refractivity contribution in [3.63, 3.8) is 0 Å². The first-order valence-electron chi connectivity index (χ1n) is 10.7. The van der Waals surface area contributed by atoms with Gasteiger partial charge in [0, 0.05) is 21.3 Å². The number of carboxylic acid groups (broad SMARTS) is 1. The number of aliphatic carboxylic acids is 1. The van der Waals surface area contributed by atoms with Crippen LogP contribution >= 0.6 is 22.7 Å². The second-order valence-corrected chi connectivity index (χ2v) is 10.4. The molecule has 1 aliphatic carbocycles. The Kier molecular flexibility index (Phi) is 5.63. The Morgan fingerprint density at radius 3 is 2.59 bits per heavy atom. The molecule has 2 N–H and O–H groups in total. The van der Waals surface area contributed by atoms with Gasteiger partial charge in [0.2, 0.25) is 0 Å². The van der Waals surface area contributed by atoms with Crippen molar-refractivity contribution in [2.24, 2.45) is 7.05 Å². The molecule has 4 aromatic rings. The molecule has 0 radical (unpaired) electrons. The van der Waals surface area contributed by atoms with E-state index in [0.29, 0.717) is 24.2 Å². The monoisotopic (exact) mass is 491 g/mol. The van der Waals surface area contributed by atoms with E-state index >= 15 is 0 Å². The van der Waals surface area contributed by atoms with Crippen LogP contribution in [0.3, 0.4) is 0 Å². The molecular formula is C25H21N3O4S2. The maximum Gasteiger partial charge on any atom is 0.413 e. The summed E-state index contributed by atoms with van der Waals surface area (Å²) in [6.07, 6.45) is 2.02. The largest absolute Gasteiger partial charge is 0.481 e. The minimum Gasteiger partial charge on any atom is -0.481 e. The highest BCUT2D eigenvalue weighted by Crippen LogP contribution is 2.52. The maximum absolute atomic E-state index is 12.5. The normalized spacial score (nSPS) is 14.8. The molecule has 34 heavy (non-hydrogen) atoms. The van der Waals surface area contributed by atoms with Gasteiger partial charge in [-0.3, -0.25) is 14.8 Å². The molecule has 1 fully saturated rings.